The maximum atomic E-state index is 13.1. The van der Waals surface area contributed by atoms with E-state index in [2.05, 4.69) is 9.97 Å². The molecule has 4 aromatic rings. The predicted octanol–water partition coefficient (Wildman–Crippen LogP) is 2.77. The van der Waals surface area contributed by atoms with Crippen LogP contribution < -0.4 is 5.56 Å². The first kappa shape index (κ1) is 18.7. The van der Waals surface area contributed by atoms with Gasteiger partial charge in [0.1, 0.15) is 28.9 Å². The Labute approximate surface area is 166 Å². The summed E-state index contributed by atoms with van der Waals surface area (Å²) in [6.45, 7) is 4.38. The molecule has 0 saturated heterocycles. The zero-order chi connectivity index (χ0) is 20.4. The minimum absolute atomic E-state index is 0.124. The highest BCUT2D eigenvalue weighted by Crippen LogP contribution is 2.22. The Morgan fingerprint density at radius 3 is 2.69 bits per heavy atom. The zero-order valence-electron chi connectivity index (χ0n) is 16.2. The van der Waals surface area contributed by atoms with Crippen molar-refractivity contribution in [2.75, 3.05) is 6.61 Å². The molecule has 3 aromatic heterocycles. The molecule has 0 aliphatic carbocycles. The number of nitrogens with zero attached hydrogens (tertiary/aromatic N) is 4. The van der Waals surface area contributed by atoms with Gasteiger partial charge in [0, 0.05) is 18.9 Å². The van der Waals surface area contributed by atoms with Crippen molar-refractivity contribution >= 4 is 17.1 Å². The molecule has 1 aromatic carbocycles. The van der Waals surface area contributed by atoms with E-state index in [1.807, 2.05) is 41.1 Å². The van der Waals surface area contributed by atoms with Crippen molar-refractivity contribution in [2.45, 2.75) is 26.9 Å². The monoisotopic (exact) mass is 392 g/mol. The van der Waals surface area contributed by atoms with Crippen molar-refractivity contribution < 1.29 is 13.9 Å². The van der Waals surface area contributed by atoms with Gasteiger partial charge in [0.25, 0.3) is 5.56 Å². The van der Waals surface area contributed by atoms with Crippen molar-refractivity contribution in [3.05, 3.63) is 82.1 Å². The molecule has 0 unspecified atom stereocenters. The van der Waals surface area contributed by atoms with Crippen molar-refractivity contribution in [3.8, 4) is 0 Å². The molecular weight excluding hydrogens is 372 g/mol. The number of carbonyl (C=O) groups excluding carboxylic acids is 1. The van der Waals surface area contributed by atoms with E-state index in [-0.39, 0.29) is 35.4 Å². The van der Waals surface area contributed by atoms with Crippen LogP contribution in [0.5, 0.6) is 0 Å². The molecule has 0 radical (unpaired) electrons. The van der Waals surface area contributed by atoms with Gasteiger partial charge in [-0.3, -0.25) is 9.36 Å². The van der Waals surface area contributed by atoms with Gasteiger partial charge in [0.2, 0.25) is 5.71 Å². The fourth-order valence-electron chi connectivity index (χ4n) is 3.27. The second-order valence-electron chi connectivity index (χ2n) is 6.57. The molecule has 0 saturated carbocycles. The lowest BCUT2D eigenvalue weighted by Gasteiger charge is -2.09. The van der Waals surface area contributed by atoms with E-state index in [1.54, 1.807) is 20.0 Å². The first-order chi connectivity index (χ1) is 14.1. The zero-order valence-corrected chi connectivity index (χ0v) is 16.2. The number of rotatable bonds is 6. The van der Waals surface area contributed by atoms with Gasteiger partial charge in [-0.25, -0.2) is 14.8 Å². The summed E-state index contributed by atoms with van der Waals surface area (Å²) in [5.74, 6) is 0.423. The number of aromatic nitrogens is 4. The maximum Gasteiger partial charge on any atom is 0.342 e. The van der Waals surface area contributed by atoms with Gasteiger partial charge < -0.3 is 13.7 Å². The second-order valence-corrected chi connectivity index (χ2v) is 6.57. The number of aryl methyl sites for hydroxylation is 1. The SMILES string of the molecule is CCOC(=O)c1c(C)oc2ncn(Cc3nccn3Cc3ccccc3)c(=O)c12. The number of benzene rings is 1. The smallest absolute Gasteiger partial charge is 0.342 e. The van der Waals surface area contributed by atoms with Crippen molar-refractivity contribution in [3.63, 3.8) is 0 Å². The van der Waals surface area contributed by atoms with E-state index in [4.69, 9.17) is 9.15 Å². The van der Waals surface area contributed by atoms with Crippen LogP contribution in [0.25, 0.3) is 11.1 Å². The van der Waals surface area contributed by atoms with Crippen LogP contribution in [0, 0.1) is 6.92 Å². The van der Waals surface area contributed by atoms with Crippen molar-refractivity contribution in [1.82, 2.24) is 19.1 Å². The van der Waals surface area contributed by atoms with E-state index in [9.17, 15) is 9.59 Å². The summed E-state index contributed by atoms with van der Waals surface area (Å²) in [7, 11) is 0. The molecule has 8 heteroatoms. The molecule has 0 bridgehead atoms. The molecule has 148 valence electrons. The summed E-state index contributed by atoms with van der Waals surface area (Å²) in [5.41, 5.74) is 1.01. The fourth-order valence-corrected chi connectivity index (χ4v) is 3.27. The van der Waals surface area contributed by atoms with Crippen LogP contribution in [0.2, 0.25) is 0 Å². The lowest BCUT2D eigenvalue weighted by molar-refractivity contribution is 0.0526. The largest absolute Gasteiger partial charge is 0.462 e. The minimum Gasteiger partial charge on any atom is -0.462 e. The third kappa shape index (κ3) is 3.56. The lowest BCUT2D eigenvalue weighted by Crippen LogP contribution is -2.24. The molecule has 0 spiro atoms. The maximum absolute atomic E-state index is 13.1. The summed E-state index contributed by atoms with van der Waals surface area (Å²) >= 11 is 0. The Kier molecular flexibility index (Phi) is 4.99. The van der Waals surface area contributed by atoms with Crippen LogP contribution in [-0.4, -0.2) is 31.7 Å². The minimum atomic E-state index is -0.592. The molecule has 0 amide bonds. The van der Waals surface area contributed by atoms with Crippen LogP contribution >= 0.6 is 0 Å². The van der Waals surface area contributed by atoms with Gasteiger partial charge in [0.15, 0.2) is 0 Å². The topological polar surface area (TPSA) is 92.2 Å². The standard InChI is InChI=1S/C21H20N4O4/c1-3-28-21(27)17-14(2)29-19-18(17)20(26)25(13-23-19)12-16-22-9-10-24(16)11-15-7-5-4-6-8-15/h4-10,13H,3,11-12H2,1-2H3. The van der Waals surface area contributed by atoms with E-state index >= 15 is 0 Å². The van der Waals surface area contributed by atoms with Crippen molar-refractivity contribution in [2.24, 2.45) is 0 Å². The van der Waals surface area contributed by atoms with Crippen molar-refractivity contribution in [1.29, 1.82) is 0 Å². The van der Waals surface area contributed by atoms with Gasteiger partial charge in [0.05, 0.1) is 13.2 Å². The molecule has 0 atom stereocenters. The van der Waals surface area contributed by atoms with Gasteiger partial charge in [-0.15, -0.1) is 0 Å². The summed E-state index contributed by atoms with van der Waals surface area (Å²) < 4.78 is 14.0. The molecule has 8 nitrogen and oxygen atoms in total. The number of fused-ring (bicyclic) bond motifs is 1. The third-order valence-electron chi connectivity index (χ3n) is 4.64. The average Bonchev–Trinajstić information content (AvgIpc) is 3.28. The molecule has 0 fully saturated rings. The first-order valence-electron chi connectivity index (χ1n) is 9.28. The molecule has 0 N–H and O–H groups in total. The molecular formula is C21H20N4O4. The van der Waals surface area contributed by atoms with Gasteiger partial charge in [-0.1, -0.05) is 30.3 Å². The highest BCUT2D eigenvalue weighted by Gasteiger charge is 2.24. The number of imidazole rings is 1. The van der Waals surface area contributed by atoms with E-state index in [1.165, 1.54) is 10.9 Å². The number of hydrogen-bond donors (Lipinski definition) is 0. The average molecular weight is 392 g/mol. The summed E-state index contributed by atoms with van der Waals surface area (Å²) in [6, 6.07) is 9.98. The van der Waals surface area contributed by atoms with Gasteiger partial charge in [-0.2, -0.15) is 0 Å². The Morgan fingerprint density at radius 1 is 1.14 bits per heavy atom. The van der Waals surface area contributed by atoms with Crippen LogP contribution in [0.1, 0.15) is 34.4 Å². The van der Waals surface area contributed by atoms with E-state index in [0.29, 0.717) is 18.1 Å². The number of carbonyl (C=O) groups is 1. The van der Waals surface area contributed by atoms with Gasteiger partial charge >= 0.3 is 5.97 Å². The van der Waals surface area contributed by atoms with E-state index < -0.39 is 5.97 Å². The summed E-state index contributed by atoms with van der Waals surface area (Å²) in [6.07, 6.45) is 4.97. The molecule has 29 heavy (non-hydrogen) atoms. The van der Waals surface area contributed by atoms with E-state index in [0.717, 1.165) is 5.56 Å². The Bertz CT molecular complexity index is 1220. The lowest BCUT2D eigenvalue weighted by atomic mass is 10.2. The third-order valence-corrected chi connectivity index (χ3v) is 4.64. The molecule has 4 rings (SSSR count). The quantitative estimate of drug-likeness (QED) is 0.469. The second kappa shape index (κ2) is 7.75. The fraction of sp³-hybridized carbons (Fsp3) is 0.238. The normalized spacial score (nSPS) is 11.1. The highest BCUT2D eigenvalue weighted by molar-refractivity contribution is 6.03. The Hall–Kier alpha value is -3.68. The first-order valence-corrected chi connectivity index (χ1v) is 9.28. The van der Waals surface area contributed by atoms with Crippen LogP contribution in [-0.2, 0) is 17.8 Å². The number of esters is 1. The predicted molar refractivity (Wildman–Crippen MR) is 106 cm³/mol. The molecule has 0 aliphatic heterocycles. The number of furan rings is 1. The Balaban J connectivity index is 1.71. The van der Waals surface area contributed by atoms with Crippen LogP contribution in [0.15, 0.2) is 58.3 Å². The summed E-state index contributed by atoms with van der Waals surface area (Å²) in [4.78, 5) is 34.0. The number of ether oxygens (including phenoxy) is 1. The summed E-state index contributed by atoms with van der Waals surface area (Å²) in [5, 5.41) is 0.129. The van der Waals surface area contributed by atoms with Gasteiger partial charge in [-0.05, 0) is 19.4 Å². The molecule has 0 aliphatic rings. The Morgan fingerprint density at radius 2 is 1.93 bits per heavy atom. The number of hydrogen-bond acceptors (Lipinski definition) is 6. The molecule has 3 heterocycles. The van der Waals surface area contributed by atoms with Crippen LogP contribution in [0.4, 0.5) is 0 Å². The van der Waals surface area contributed by atoms with Crippen LogP contribution in [0.3, 0.4) is 0 Å². The highest BCUT2D eigenvalue weighted by atomic mass is 16.5.